The van der Waals surface area contributed by atoms with Gasteiger partial charge in [-0.05, 0) is 43.5 Å². The fraction of sp³-hybridized carbons (Fsp3) is 0.273. The van der Waals surface area contributed by atoms with Gasteiger partial charge in [0.25, 0.3) is 5.91 Å². The Bertz CT molecular complexity index is 1150. The topological polar surface area (TPSA) is 89.3 Å². The van der Waals surface area contributed by atoms with Gasteiger partial charge in [-0.25, -0.2) is 0 Å². The Kier molecular flexibility index (Phi) is 6.71. The molecule has 1 aliphatic heterocycles. The van der Waals surface area contributed by atoms with Gasteiger partial charge in [0.05, 0.1) is 17.5 Å². The van der Waals surface area contributed by atoms with Gasteiger partial charge < -0.3 is 14.6 Å². The van der Waals surface area contributed by atoms with Crippen molar-refractivity contribution in [2.24, 2.45) is 7.05 Å². The summed E-state index contributed by atoms with van der Waals surface area (Å²) in [6.45, 7) is 1.89. The van der Waals surface area contributed by atoms with Crippen molar-refractivity contribution >= 4 is 46.7 Å². The highest BCUT2D eigenvalue weighted by Crippen LogP contribution is 2.37. The number of anilines is 2. The number of benzene rings is 2. The molecule has 2 aromatic carbocycles. The second-order valence-electron chi connectivity index (χ2n) is 7.16. The third kappa shape index (κ3) is 4.61. The van der Waals surface area contributed by atoms with Gasteiger partial charge in [-0.1, -0.05) is 30.0 Å². The van der Waals surface area contributed by atoms with Crippen LogP contribution in [0, 0.1) is 0 Å². The average molecular weight is 470 g/mol. The van der Waals surface area contributed by atoms with E-state index in [2.05, 4.69) is 15.5 Å². The van der Waals surface area contributed by atoms with E-state index in [1.165, 1.54) is 11.8 Å². The number of rotatable bonds is 7. The van der Waals surface area contributed by atoms with Crippen LogP contribution in [0.25, 0.3) is 0 Å². The highest BCUT2D eigenvalue weighted by Gasteiger charge is 2.32. The van der Waals surface area contributed by atoms with Crippen LogP contribution in [0.15, 0.2) is 58.6 Å². The number of thioether (sulfide) groups is 2. The number of carbonyl (C=O) groups is 2. The van der Waals surface area contributed by atoms with Gasteiger partial charge in [-0.3, -0.25) is 14.5 Å². The van der Waals surface area contributed by atoms with Crippen LogP contribution in [0.5, 0.6) is 5.75 Å². The Morgan fingerprint density at radius 3 is 2.84 bits per heavy atom. The van der Waals surface area contributed by atoms with Crippen molar-refractivity contribution in [1.82, 2.24) is 14.8 Å². The SMILES string of the molecule is CSc1cccc(NC(=O)CSc2nnc(C(C)N3C(=O)COc4ccccc43)n2C)c1. The number of ether oxygens (including phenoxy) is 1. The number of para-hydroxylation sites is 2. The third-order valence-corrected chi connectivity index (χ3v) is 6.81. The molecular formula is C22H23N5O3S2. The fourth-order valence-electron chi connectivity index (χ4n) is 3.51. The van der Waals surface area contributed by atoms with Gasteiger partial charge in [0.2, 0.25) is 5.91 Å². The Morgan fingerprint density at radius 1 is 1.22 bits per heavy atom. The first-order chi connectivity index (χ1) is 15.5. The molecule has 166 valence electrons. The predicted octanol–water partition coefficient (Wildman–Crippen LogP) is 3.75. The fourth-order valence-corrected chi connectivity index (χ4v) is 4.68. The Morgan fingerprint density at radius 2 is 2.03 bits per heavy atom. The number of aromatic nitrogens is 3. The van der Waals surface area contributed by atoms with Gasteiger partial charge in [-0.15, -0.1) is 22.0 Å². The van der Waals surface area contributed by atoms with Crippen LogP contribution in [0.4, 0.5) is 11.4 Å². The second kappa shape index (κ2) is 9.66. The van der Waals surface area contributed by atoms with Gasteiger partial charge in [0, 0.05) is 17.6 Å². The van der Waals surface area contributed by atoms with Crippen molar-refractivity contribution in [3.8, 4) is 5.75 Å². The van der Waals surface area contributed by atoms with Gasteiger partial charge in [0.15, 0.2) is 17.6 Å². The number of hydrogen-bond acceptors (Lipinski definition) is 7. The Hall–Kier alpha value is -2.98. The highest BCUT2D eigenvalue weighted by atomic mass is 32.2. The van der Waals surface area contributed by atoms with Crippen molar-refractivity contribution in [3.63, 3.8) is 0 Å². The number of carbonyl (C=O) groups excluding carboxylic acids is 2. The smallest absolute Gasteiger partial charge is 0.265 e. The van der Waals surface area contributed by atoms with E-state index in [-0.39, 0.29) is 30.2 Å². The lowest BCUT2D eigenvalue weighted by molar-refractivity contribution is -0.121. The normalized spacial score (nSPS) is 14.0. The maximum absolute atomic E-state index is 12.6. The van der Waals surface area contributed by atoms with E-state index in [9.17, 15) is 9.59 Å². The quantitative estimate of drug-likeness (QED) is 0.527. The molecule has 0 aliphatic carbocycles. The van der Waals surface area contributed by atoms with E-state index in [1.54, 1.807) is 16.7 Å². The summed E-state index contributed by atoms with van der Waals surface area (Å²) in [7, 11) is 1.84. The molecule has 0 radical (unpaired) electrons. The molecule has 1 atom stereocenters. The van der Waals surface area contributed by atoms with Crippen LogP contribution in [0.2, 0.25) is 0 Å². The average Bonchev–Trinajstić information content (AvgIpc) is 3.17. The molecule has 0 saturated heterocycles. The standard InChI is InChI=1S/C22H23N5O3S2/c1-14(27-17-9-4-5-10-18(17)30-12-20(27)29)21-24-25-22(26(21)2)32-13-19(28)23-15-7-6-8-16(11-15)31-3/h4-11,14H,12-13H2,1-3H3,(H,23,28). The van der Waals surface area contributed by atoms with E-state index in [4.69, 9.17) is 4.74 Å². The van der Waals surface area contributed by atoms with E-state index < -0.39 is 0 Å². The number of nitrogens with one attached hydrogen (secondary N) is 1. The van der Waals surface area contributed by atoms with Gasteiger partial charge >= 0.3 is 0 Å². The van der Waals surface area contributed by atoms with Crippen molar-refractivity contribution in [2.45, 2.75) is 23.0 Å². The van der Waals surface area contributed by atoms with Crippen LogP contribution >= 0.6 is 23.5 Å². The first-order valence-corrected chi connectivity index (χ1v) is 12.2. The molecule has 0 spiro atoms. The van der Waals surface area contributed by atoms with Crippen molar-refractivity contribution in [2.75, 3.05) is 28.8 Å². The summed E-state index contributed by atoms with van der Waals surface area (Å²) in [6, 6.07) is 14.8. The maximum Gasteiger partial charge on any atom is 0.265 e. The summed E-state index contributed by atoms with van der Waals surface area (Å²) in [5, 5.41) is 12.1. The number of nitrogens with zero attached hydrogens (tertiary/aromatic N) is 4. The summed E-state index contributed by atoms with van der Waals surface area (Å²) in [4.78, 5) is 27.8. The monoisotopic (exact) mass is 469 g/mol. The van der Waals surface area contributed by atoms with E-state index in [0.717, 1.165) is 10.6 Å². The second-order valence-corrected chi connectivity index (χ2v) is 8.99. The zero-order valence-electron chi connectivity index (χ0n) is 17.9. The molecule has 2 amide bonds. The van der Waals surface area contributed by atoms with E-state index in [0.29, 0.717) is 22.4 Å². The summed E-state index contributed by atoms with van der Waals surface area (Å²) >= 11 is 2.92. The lowest BCUT2D eigenvalue weighted by Gasteiger charge is -2.33. The summed E-state index contributed by atoms with van der Waals surface area (Å²) < 4.78 is 7.35. The molecular weight excluding hydrogens is 446 g/mol. The first-order valence-electron chi connectivity index (χ1n) is 9.98. The summed E-state index contributed by atoms with van der Waals surface area (Å²) in [5.74, 6) is 1.23. The molecule has 10 heteroatoms. The molecule has 1 unspecified atom stereocenters. The Labute approximate surface area is 194 Å². The van der Waals surface area contributed by atoms with Gasteiger partial charge in [0.1, 0.15) is 5.75 Å². The number of amides is 2. The molecule has 8 nitrogen and oxygen atoms in total. The Balaban J connectivity index is 1.44. The lowest BCUT2D eigenvalue weighted by atomic mass is 10.1. The van der Waals surface area contributed by atoms with Crippen molar-refractivity contribution in [1.29, 1.82) is 0 Å². The molecule has 0 saturated carbocycles. The number of hydrogen-bond donors (Lipinski definition) is 1. The molecule has 1 aromatic heterocycles. The third-order valence-electron chi connectivity index (χ3n) is 5.06. The van der Waals surface area contributed by atoms with Crippen LogP contribution in [0.1, 0.15) is 18.8 Å². The number of fused-ring (bicyclic) bond motifs is 1. The minimum atomic E-state index is -0.345. The van der Waals surface area contributed by atoms with Crippen molar-refractivity contribution < 1.29 is 14.3 Å². The first kappa shape index (κ1) is 22.2. The minimum Gasteiger partial charge on any atom is -0.482 e. The highest BCUT2D eigenvalue weighted by molar-refractivity contribution is 7.99. The van der Waals surface area contributed by atoms with Gasteiger partial charge in [-0.2, -0.15) is 0 Å². The van der Waals surface area contributed by atoms with E-state index >= 15 is 0 Å². The van der Waals surface area contributed by atoms with E-state index in [1.807, 2.05) is 73.3 Å². The zero-order valence-corrected chi connectivity index (χ0v) is 19.6. The van der Waals surface area contributed by atoms with Crippen LogP contribution in [0.3, 0.4) is 0 Å². The molecule has 32 heavy (non-hydrogen) atoms. The van der Waals surface area contributed by atoms with Crippen LogP contribution < -0.4 is 15.0 Å². The minimum absolute atomic E-state index is 0.0152. The predicted molar refractivity (Wildman–Crippen MR) is 126 cm³/mol. The molecule has 1 aliphatic rings. The van der Waals surface area contributed by atoms with Crippen molar-refractivity contribution in [3.05, 3.63) is 54.4 Å². The zero-order chi connectivity index (χ0) is 22.7. The summed E-state index contributed by atoms with van der Waals surface area (Å²) in [5.41, 5.74) is 1.47. The lowest BCUT2D eigenvalue weighted by Crippen LogP contribution is -2.41. The summed E-state index contributed by atoms with van der Waals surface area (Å²) in [6.07, 6.45) is 1.99. The molecule has 2 heterocycles. The van der Waals surface area contributed by atoms with Crippen LogP contribution in [-0.4, -0.2) is 45.2 Å². The molecule has 4 rings (SSSR count). The molecule has 3 aromatic rings. The molecule has 0 bridgehead atoms. The maximum atomic E-state index is 12.6. The largest absolute Gasteiger partial charge is 0.482 e. The molecule has 0 fully saturated rings. The molecule has 1 N–H and O–H groups in total. The van der Waals surface area contributed by atoms with Crippen LogP contribution in [-0.2, 0) is 16.6 Å².